The summed E-state index contributed by atoms with van der Waals surface area (Å²) in [5, 5.41) is 11.2. The number of rotatable bonds is 27. The number of ether oxygens (including phenoxy) is 8. The van der Waals surface area contributed by atoms with E-state index in [9.17, 15) is 33.0 Å². The largest absolute Gasteiger partial charge is 0.497 e. The highest BCUT2D eigenvalue weighted by molar-refractivity contribution is 7.86. The molecule has 4 fully saturated rings. The fourth-order valence-corrected chi connectivity index (χ4v) is 14.3. The zero-order valence-electron chi connectivity index (χ0n) is 53.6. The van der Waals surface area contributed by atoms with Gasteiger partial charge in [0, 0.05) is 66.3 Å². The molecule has 7 heterocycles. The number of methoxy groups -OCH3 is 5. The van der Waals surface area contributed by atoms with Crippen molar-refractivity contribution in [2.45, 2.75) is 97.3 Å². The van der Waals surface area contributed by atoms with Crippen molar-refractivity contribution in [3.8, 4) is 34.5 Å². The quantitative estimate of drug-likeness (QED) is 0.0167. The van der Waals surface area contributed by atoms with E-state index in [0.717, 1.165) is 11.1 Å². The Morgan fingerprint density at radius 2 is 1.34 bits per heavy atom. The number of carbonyl (C=O) groups excluding carboxylic acids is 5. The summed E-state index contributed by atoms with van der Waals surface area (Å²) in [5.41, 5.74) is 2.06. The Balaban J connectivity index is 0.855. The number of amides is 3. The third-order valence-electron chi connectivity index (χ3n) is 17.4. The first-order valence-corrected chi connectivity index (χ1v) is 32.7. The van der Waals surface area contributed by atoms with Gasteiger partial charge in [-0.15, -0.1) is 11.3 Å². The minimum atomic E-state index is -1.84. The van der Waals surface area contributed by atoms with E-state index in [4.69, 9.17) is 42.7 Å². The highest BCUT2D eigenvalue weighted by Crippen LogP contribution is 2.46. The lowest BCUT2D eigenvalue weighted by atomic mass is 9.70. The summed E-state index contributed by atoms with van der Waals surface area (Å²) in [6, 6.07) is 26.6. The van der Waals surface area contributed by atoms with Gasteiger partial charge < -0.3 is 62.4 Å². The molecule has 6 aromatic rings. The number of nitrogens with zero attached hydrogens (tertiary/aromatic N) is 5. The Bertz CT molecular complexity index is 3870. The standard InChI is InChI=1S/C68H77N7O16S2/c1-42-70-52(39-92-42)58(72-91-56(32-67(2,3)4)65(80)89-37-44-12-19-49(84-6)20-13-44)62(78)71-59-63(79)74-60(66(81)90-38-45-14-21-50(85-7)22-15-45)47(40-93(82)64(59)74)35-75-27-24-68(25-28-75,26-29-75)41-69-61(77)53-31-54(76)57(88-36-43-10-17-48(83-5)18-11-43)34-73(53)33-46-16-23-51(86-8)30-55(46)87-9/h10-23,30-31,34,39,56,59,64H,24-29,32-33,35-38,40-41H2,1-9H3,(H-,69,71,77,78)/p+1/b72-58-/t56-,59+,64+,68?,75?,93?/m0/s1. The van der Waals surface area contributed by atoms with Crippen molar-refractivity contribution in [3.05, 3.63) is 169 Å². The van der Waals surface area contributed by atoms with Crippen molar-refractivity contribution in [2.24, 2.45) is 16.0 Å². The van der Waals surface area contributed by atoms with Crippen molar-refractivity contribution in [1.29, 1.82) is 0 Å². The van der Waals surface area contributed by atoms with Crippen LogP contribution in [0.5, 0.6) is 34.5 Å². The third kappa shape index (κ3) is 15.7. The monoisotopic (exact) mass is 1310 g/mol. The summed E-state index contributed by atoms with van der Waals surface area (Å²) in [6.07, 6.45) is 2.53. The SMILES string of the molecule is COc1ccc(COC(=O)C2=C(C[N+]34CCC(CNC(=O)c5cc(=O)c(OCc6ccc(OC)cc6)cn5Cc5ccc(OC)cc5OC)(CC3)CC4)CS(=O)[C@@H]3[C@H](NC(=O)/C(=N\O[C@@H](CC(C)(C)C)C(=O)OCc4ccc(OC)cc4)c4csc(C)n4)C(=O)N23)cc1. The number of quaternary nitrogens is 1. The molecule has 0 aliphatic carbocycles. The highest BCUT2D eigenvalue weighted by atomic mass is 32.2. The van der Waals surface area contributed by atoms with Gasteiger partial charge in [0.1, 0.15) is 83.6 Å². The molecule has 3 amide bonds. The third-order valence-corrected chi connectivity index (χ3v) is 19.8. The molecular weight excluding hydrogens is 1230 g/mol. The number of pyridine rings is 1. The predicted octanol–water partition coefficient (Wildman–Crippen LogP) is 7.40. The summed E-state index contributed by atoms with van der Waals surface area (Å²) in [5.74, 6) is -0.513. The van der Waals surface area contributed by atoms with E-state index < -0.39 is 68.8 Å². The molecule has 25 heteroatoms. The van der Waals surface area contributed by atoms with Gasteiger partial charge in [-0.1, -0.05) is 62.3 Å². The van der Waals surface area contributed by atoms with E-state index in [1.54, 1.807) is 131 Å². The molecule has 2 bridgehead atoms. The molecule has 23 nitrogen and oxygen atoms in total. The lowest BCUT2D eigenvalue weighted by Gasteiger charge is -2.56. The van der Waals surface area contributed by atoms with Gasteiger partial charge >= 0.3 is 11.9 Å². The summed E-state index contributed by atoms with van der Waals surface area (Å²) >= 11 is 1.24. The molecule has 0 saturated carbocycles. The Morgan fingerprint density at radius 3 is 1.90 bits per heavy atom. The van der Waals surface area contributed by atoms with E-state index in [1.807, 2.05) is 39.0 Å². The number of hydrogen-bond acceptors (Lipinski definition) is 19. The molecule has 4 saturated heterocycles. The summed E-state index contributed by atoms with van der Waals surface area (Å²) in [6.45, 7) is 10.1. The Labute approximate surface area is 545 Å². The summed E-state index contributed by atoms with van der Waals surface area (Å²) in [7, 11) is 5.95. The number of esters is 2. The highest BCUT2D eigenvalue weighted by Gasteiger charge is 2.59. The van der Waals surface area contributed by atoms with Crippen molar-refractivity contribution in [3.63, 3.8) is 0 Å². The molecule has 1 unspecified atom stereocenters. The van der Waals surface area contributed by atoms with E-state index in [1.165, 1.54) is 22.3 Å². The number of oxime groups is 1. The zero-order valence-corrected chi connectivity index (χ0v) is 55.2. The number of thiazole rings is 1. The number of carbonyl (C=O) groups is 5. The second-order valence-electron chi connectivity index (χ2n) is 24.9. The Hall–Kier alpha value is -9.07. The predicted molar refractivity (Wildman–Crippen MR) is 346 cm³/mol. The lowest BCUT2D eigenvalue weighted by Crippen LogP contribution is -2.74. The zero-order chi connectivity index (χ0) is 66.2. The van der Waals surface area contributed by atoms with Crippen LogP contribution < -0.4 is 44.5 Å². The average molecular weight is 1310 g/mol. The first kappa shape index (κ1) is 66.8. The maximum atomic E-state index is 14.7. The molecule has 2 N–H and O–H groups in total. The number of hydrogen-bond donors (Lipinski definition) is 2. The number of benzene rings is 4. The molecule has 93 heavy (non-hydrogen) atoms. The first-order chi connectivity index (χ1) is 44.6. The minimum absolute atomic E-state index is 0.0215. The molecule has 0 radical (unpaired) electrons. The van der Waals surface area contributed by atoms with Crippen LogP contribution >= 0.6 is 11.3 Å². The maximum absolute atomic E-state index is 14.7. The number of piperidine rings is 3. The fraction of sp³-hybridized carbons (Fsp3) is 0.412. The lowest BCUT2D eigenvalue weighted by molar-refractivity contribution is -0.941. The van der Waals surface area contributed by atoms with Crippen molar-refractivity contribution < 1.29 is 75.4 Å². The van der Waals surface area contributed by atoms with Gasteiger partial charge in [-0.3, -0.25) is 28.3 Å². The van der Waals surface area contributed by atoms with Crippen LogP contribution in [-0.4, -0.2) is 150 Å². The van der Waals surface area contributed by atoms with Crippen LogP contribution in [0.25, 0.3) is 0 Å². The first-order valence-electron chi connectivity index (χ1n) is 30.5. The van der Waals surface area contributed by atoms with E-state index in [2.05, 4.69) is 20.8 Å². The normalized spacial score (nSPS) is 20.3. The van der Waals surface area contributed by atoms with Gasteiger partial charge in [-0.25, -0.2) is 14.6 Å². The molecule has 5 aliphatic rings. The van der Waals surface area contributed by atoms with E-state index >= 15 is 0 Å². The topological polar surface area (TPSA) is 260 Å². The molecular formula is C68H78N7O16S2+. The fourth-order valence-electron chi connectivity index (χ4n) is 12.0. The molecule has 5 aliphatic heterocycles. The van der Waals surface area contributed by atoms with Gasteiger partial charge in [-0.2, -0.15) is 0 Å². The Kier molecular flexibility index (Phi) is 20.7. The van der Waals surface area contributed by atoms with Gasteiger partial charge in [-0.05, 0) is 77.6 Å². The molecule has 2 aromatic heterocycles. The van der Waals surface area contributed by atoms with Crippen LogP contribution in [0.15, 0.2) is 130 Å². The Morgan fingerprint density at radius 1 is 0.763 bits per heavy atom. The number of nitrogens with one attached hydrogen (secondary N) is 2. The maximum Gasteiger partial charge on any atom is 0.355 e. The van der Waals surface area contributed by atoms with Crippen molar-refractivity contribution in [2.75, 3.05) is 74.0 Å². The van der Waals surface area contributed by atoms with Crippen molar-refractivity contribution in [1.82, 2.24) is 25.1 Å². The summed E-state index contributed by atoms with van der Waals surface area (Å²) < 4.78 is 61.7. The molecule has 4 atom stereocenters. The minimum Gasteiger partial charge on any atom is -0.497 e. The molecule has 4 aromatic carbocycles. The van der Waals surface area contributed by atoms with Crippen LogP contribution in [0, 0.1) is 17.8 Å². The second-order valence-corrected chi connectivity index (χ2v) is 27.5. The molecule has 11 rings (SSSR count). The van der Waals surface area contributed by atoms with Gasteiger partial charge in [0.05, 0.1) is 89.5 Å². The van der Waals surface area contributed by atoms with E-state index in [-0.39, 0.29) is 79.0 Å². The van der Waals surface area contributed by atoms with Crippen LogP contribution in [0.4, 0.5) is 0 Å². The van der Waals surface area contributed by atoms with Crippen LogP contribution in [-0.2, 0) is 70.7 Å². The van der Waals surface area contributed by atoms with Crippen LogP contribution in [0.3, 0.4) is 0 Å². The van der Waals surface area contributed by atoms with Gasteiger partial charge in [0.2, 0.25) is 11.5 Å². The smallest absolute Gasteiger partial charge is 0.355 e. The average Bonchev–Trinajstić information content (AvgIpc) is 1.58. The molecule has 0 spiro atoms. The van der Waals surface area contributed by atoms with E-state index in [0.29, 0.717) is 100 Å². The van der Waals surface area contributed by atoms with Crippen LogP contribution in [0.2, 0.25) is 0 Å². The number of fused-ring (bicyclic) bond motifs is 4. The number of aryl methyl sites for hydroxylation is 1. The second kappa shape index (κ2) is 28.8. The summed E-state index contributed by atoms with van der Waals surface area (Å²) in [4.78, 5) is 97.4. The number of β-lactam (4-membered cyclic amide) rings is 1. The van der Waals surface area contributed by atoms with Crippen LogP contribution in [0.1, 0.15) is 89.9 Å². The van der Waals surface area contributed by atoms with Gasteiger partial charge in [0.25, 0.3) is 17.7 Å². The van der Waals surface area contributed by atoms with Gasteiger partial charge in [0.15, 0.2) is 11.5 Å². The molecule has 492 valence electrons. The van der Waals surface area contributed by atoms with Crippen molar-refractivity contribution >= 4 is 57.5 Å². The number of aromatic nitrogens is 2.